The van der Waals surface area contributed by atoms with Gasteiger partial charge in [0.2, 0.25) is 6.79 Å². The zero-order chi connectivity index (χ0) is 20.8. The third-order valence-corrected chi connectivity index (χ3v) is 6.34. The fourth-order valence-electron chi connectivity index (χ4n) is 4.51. The molecule has 0 spiro atoms. The van der Waals surface area contributed by atoms with E-state index in [-0.39, 0.29) is 24.0 Å². The van der Waals surface area contributed by atoms with Crippen molar-refractivity contribution in [1.82, 2.24) is 4.90 Å². The predicted octanol–water partition coefficient (Wildman–Crippen LogP) is 2.81. The highest BCUT2D eigenvalue weighted by atomic mass is 35.5. The quantitative estimate of drug-likeness (QED) is 0.800. The van der Waals surface area contributed by atoms with Gasteiger partial charge in [0.05, 0.1) is 23.4 Å². The number of ether oxygens (including phenoxy) is 2. The summed E-state index contributed by atoms with van der Waals surface area (Å²) in [6.45, 7) is 4.19. The van der Waals surface area contributed by atoms with Crippen molar-refractivity contribution in [1.29, 1.82) is 15.8 Å². The zero-order valence-electron chi connectivity index (χ0n) is 15.8. The normalized spacial score (nSPS) is 24.7. The average Bonchev–Trinajstić information content (AvgIpc) is 3.19. The number of rotatable bonds is 2. The number of nitrogens with zero attached hydrogens (tertiary/aromatic N) is 4. The van der Waals surface area contributed by atoms with Gasteiger partial charge in [-0.1, -0.05) is 24.6 Å². The summed E-state index contributed by atoms with van der Waals surface area (Å²) in [6.07, 6.45) is 1.97. The highest BCUT2D eigenvalue weighted by Gasteiger charge is 2.55. The summed E-state index contributed by atoms with van der Waals surface area (Å²) >= 11 is 6.59. The Morgan fingerprint density at radius 1 is 1.24 bits per heavy atom. The number of hydrogen-bond acceptors (Lipinski definition) is 7. The number of fused-ring (bicyclic) bond motifs is 2. The molecule has 146 valence electrons. The second kappa shape index (κ2) is 7.01. The van der Waals surface area contributed by atoms with Crippen molar-refractivity contribution in [3.63, 3.8) is 0 Å². The van der Waals surface area contributed by atoms with Gasteiger partial charge in [0.15, 0.2) is 16.9 Å². The predicted molar refractivity (Wildman–Crippen MR) is 104 cm³/mol. The molecule has 3 aliphatic rings. The molecule has 0 bridgehead atoms. The molecule has 0 aromatic heterocycles. The van der Waals surface area contributed by atoms with Crippen molar-refractivity contribution >= 4 is 11.6 Å². The lowest BCUT2D eigenvalue weighted by Gasteiger charge is -2.45. The number of allylic oxidation sites excluding steroid dienone is 2. The van der Waals surface area contributed by atoms with Crippen molar-refractivity contribution in [2.45, 2.75) is 12.8 Å². The maximum Gasteiger partial charge on any atom is 0.231 e. The molecule has 0 saturated carbocycles. The number of benzene rings is 1. The molecule has 2 N–H and O–H groups in total. The maximum absolute atomic E-state index is 10.1. The number of halogens is 1. The van der Waals surface area contributed by atoms with Gasteiger partial charge >= 0.3 is 0 Å². The van der Waals surface area contributed by atoms with E-state index in [9.17, 15) is 15.8 Å². The summed E-state index contributed by atoms with van der Waals surface area (Å²) in [7, 11) is 0. The Labute approximate surface area is 173 Å². The Balaban J connectivity index is 2.00. The van der Waals surface area contributed by atoms with E-state index >= 15 is 0 Å². The molecule has 7 nitrogen and oxygen atoms in total. The summed E-state index contributed by atoms with van der Waals surface area (Å²) < 4.78 is 10.9. The van der Waals surface area contributed by atoms with E-state index in [1.54, 1.807) is 12.1 Å². The second-order valence-corrected chi connectivity index (χ2v) is 7.66. The molecule has 0 saturated heterocycles. The number of likely N-dealkylation sites (N-methyl/N-ethyl adjacent to an activating group) is 1. The summed E-state index contributed by atoms with van der Waals surface area (Å²) in [6, 6.07) is 9.73. The summed E-state index contributed by atoms with van der Waals surface area (Å²) in [5, 5.41) is 30.4. The Hall–Kier alpha value is -3.18. The first kappa shape index (κ1) is 19.2. The van der Waals surface area contributed by atoms with Crippen molar-refractivity contribution < 1.29 is 9.47 Å². The smallest absolute Gasteiger partial charge is 0.231 e. The summed E-state index contributed by atoms with van der Waals surface area (Å²) in [4.78, 5) is 2.19. The SMILES string of the molecule is CCN1CC=C2C(C#N)=C(N)C(C#N)(C#N)[C@@H](c3cc4c(cc3Cl)OCO4)[C@H]2C1. The minimum atomic E-state index is -1.72. The standard InChI is InChI=1S/C21H18ClN5O2/c1-2-27-4-3-12-14(7-23)20(26)21(9-24,10-25)19(15(12)8-27)13-5-17-18(6-16(13)22)29-11-28-17/h3,5-6,15,19H,2,4,8,11,26H2,1H3/t15-,19-/m0/s1. The first-order valence-corrected chi connectivity index (χ1v) is 9.63. The molecule has 0 radical (unpaired) electrons. The Morgan fingerprint density at radius 2 is 1.93 bits per heavy atom. The van der Waals surface area contributed by atoms with E-state index < -0.39 is 11.3 Å². The van der Waals surface area contributed by atoms with Gasteiger partial charge < -0.3 is 15.2 Å². The molecule has 2 aliphatic heterocycles. The van der Waals surface area contributed by atoms with E-state index in [1.165, 1.54) is 0 Å². The lowest BCUT2D eigenvalue weighted by atomic mass is 9.58. The monoisotopic (exact) mass is 407 g/mol. The van der Waals surface area contributed by atoms with Gasteiger partial charge in [-0.25, -0.2) is 0 Å². The maximum atomic E-state index is 10.1. The van der Waals surface area contributed by atoms with Gasteiger partial charge in [-0.2, -0.15) is 15.8 Å². The van der Waals surface area contributed by atoms with E-state index in [0.717, 1.165) is 12.1 Å². The largest absolute Gasteiger partial charge is 0.454 e. The molecule has 29 heavy (non-hydrogen) atoms. The van der Waals surface area contributed by atoms with E-state index in [2.05, 4.69) is 23.1 Å². The van der Waals surface area contributed by atoms with E-state index in [1.807, 2.05) is 13.0 Å². The van der Waals surface area contributed by atoms with Crippen molar-refractivity contribution in [2.75, 3.05) is 26.4 Å². The van der Waals surface area contributed by atoms with Crippen LogP contribution in [0.3, 0.4) is 0 Å². The van der Waals surface area contributed by atoms with Crippen molar-refractivity contribution in [3.8, 4) is 29.7 Å². The molecule has 1 aliphatic carbocycles. The van der Waals surface area contributed by atoms with Crippen LogP contribution in [0.4, 0.5) is 0 Å². The van der Waals surface area contributed by atoms with Crippen molar-refractivity contribution in [2.24, 2.45) is 17.1 Å². The van der Waals surface area contributed by atoms with Gasteiger partial charge in [0.1, 0.15) is 6.07 Å². The Bertz CT molecular complexity index is 1060. The molecule has 0 unspecified atom stereocenters. The second-order valence-electron chi connectivity index (χ2n) is 7.25. The summed E-state index contributed by atoms with van der Waals surface area (Å²) in [5.41, 5.74) is 6.16. The fourth-order valence-corrected chi connectivity index (χ4v) is 4.78. The minimum Gasteiger partial charge on any atom is -0.454 e. The van der Waals surface area contributed by atoms with Crippen LogP contribution in [-0.4, -0.2) is 31.3 Å². The lowest BCUT2D eigenvalue weighted by molar-refractivity contribution is 0.173. The van der Waals surface area contributed by atoms with E-state index in [0.29, 0.717) is 35.2 Å². The molecule has 2 atom stereocenters. The molecule has 4 rings (SSSR count). The summed E-state index contributed by atoms with van der Waals surface area (Å²) in [5.74, 6) is 0.0846. The van der Waals surface area contributed by atoms with Crippen LogP contribution in [0.25, 0.3) is 0 Å². The lowest BCUT2D eigenvalue weighted by Crippen LogP contribution is -2.48. The molecular formula is C21H18ClN5O2. The average molecular weight is 408 g/mol. The first-order valence-electron chi connectivity index (χ1n) is 9.25. The third-order valence-electron chi connectivity index (χ3n) is 6.01. The fraction of sp³-hybridized carbons (Fsp3) is 0.381. The molecule has 8 heteroatoms. The van der Waals surface area contributed by atoms with Crippen LogP contribution < -0.4 is 15.2 Å². The highest BCUT2D eigenvalue weighted by molar-refractivity contribution is 6.31. The molecular weight excluding hydrogens is 390 g/mol. The minimum absolute atomic E-state index is 0.0174. The zero-order valence-corrected chi connectivity index (χ0v) is 16.5. The van der Waals surface area contributed by atoms with Crippen LogP contribution in [0.5, 0.6) is 11.5 Å². The van der Waals surface area contributed by atoms with Gasteiger partial charge in [0, 0.05) is 36.0 Å². The van der Waals surface area contributed by atoms with Gasteiger partial charge in [-0.15, -0.1) is 0 Å². The Morgan fingerprint density at radius 3 is 2.55 bits per heavy atom. The van der Waals surface area contributed by atoms with Crippen molar-refractivity contribution in [3.05, 3.63) is 45.6 Å². The Kier molecular flexibility index (Phi) is 4.63. The van der Waals surface area contributed by atoms with Crippen LogP contribution >= 0.6 is 11.6 Å². The molecule has 1 aromatic rings. The number of nitrogens with two attached hydrogens (primary N) is 1. The number of nitriles is 3. The molecule has 0 amide bonds. The number of hydrogen-bond donors (Lipinski definition) is 1. The van der Waals surface area contributed by atoms with E-state index in [4.69, 9.17) is 26.8 Å². The third kappa shape index (κ3) is 2.65. The molecule has 2 heterocycles. The molecule has 0 fully saturated rings. The van der Waals surface area contributed by atoms with Gasteiger partial charge in [-0.05, 0) is 23.7 Å². The van der Waals surface area contributed by atoms with Crippen LogP contribution in [-0.2, 0) is 0 Å². The first-order chi connectivity index (χ1) is 14.0. The highest BCUT2D eigenvalue weighted by Crippen LogP contribution is 2.56. The van der Waals surface area contributed by atoms with Gasteiger partial charge in [-0.3, -0.25) is 4.90 Å². The van der Waals surface area contributed by atoms with Gasteiger partial charge in [0.25, 0.3) is 0 Å². The van der Waals surface area contributed by atoms with Crippen LogP contribution in [0.1, 0.15) is 18.4 Å². The molecule has 1 aromatic carbocycles. The topological polar surface area (TPSA) is 119 Å². The van der Waals surface area contributed by atoms with Crippen LogP contribution in [0.15, 0.2) is 35.1 Å². The van der Waals surface area contributed by atoms with Crippen LogP contribution in [0.2, 0.25) is 5.02 Å². The van der Waals surface area contributed by atoms with Crippen LogP contribution in [0, 0.1) is 45.3 Å².